The summed E-state index contributed by atoms with van der Waals surface area (Å²) in [5.41, 5.74) is 0.957. The second-order valence-electron chi connectivity index (χ2n) is 7.06. The average molecular weight is 384 g/mol. The molecule has 9 nitrogen and oxygen atoms in total. The summed E-state index contributed by atoms with van der Waals surface area (Å²) in [6.07, 6.45) is 9.73. The first-order valence-corrected chi connectivity index (χ1v) is 9.80. The number of esters is 1. The van der Waals surface area contributed by atoms with Crippen molar-refractivity contribution in [1.82, 2.24) is 19.7 Å². The van der Waals surface area contributed by atoms with Crippen LogP contribution < -0.4 is 10.2 Å². The number of amides is 1. The molecule has 9 heteroatoms. The van der Waals surface area contributed by atoms with E-state index in [0.29, 0.717) is 36.3 Å². The number of aromatic nitrogens is 4. The van der Waals surface area contributed by atoms with Crippen LogP contribution >= 0.6 is 0 Å². The van der Waals surface area contributed by atoms with Crippen LogP contribution in [-0.2, 0) is 9.53 Å². The van der Waals surface area contributed by atoms with Gasteiger partial charge in [-0.05, 0) is 26.2 Å². The zero-order chi connectivity index (χ0) is 19.7. The molecule has 2 aromatic rings. The van der Waals surface area contributed by atoms with E-state index in [-0.39, 0.29) is 11.9 Å². The summed E-state index contributed by atoms with van der Waals surface area (Å²) in [7, 11) is 0. The van der Waals surface area contributed by atoms with Crippen LogP contribution in [0, 0.1) is 0 Å². The van der Waals surface area contributed by atoms with Crippen molar-refractivity contribution in [3.05, 3.63) is 24.2 Å². The lowest BCUT2D eigenvalue weighted by Gasteiger charge is -2.40. The molecule has 28 heavy (non-hydrogen) atoms. The largest absolute Gasteiger partial charge is 0.462 e. The van der Waals surface area contributed by atoms with E-state index in [9.17, 15) is 9.59 Å². The molecule has 3 heterocycles. The van der Waals surface area contributed by atoms with Crippen LogP contribution in [0.4, 0.5) is 11.5 Å². The van der Waals surface area contributed by atoms with Gasteiger partial charge in [-0.2, -0.15) is 10.1 Å². The van der Waals surface area contributed by atoms with Crippen LogP contribution in [0.3, 0.4) is 0 Å². The van der Waals surface area contributed by atoms with Gasteiger partial charge in [0.05, 0.1) is 24.6 Å². The third-order valence-electron chi connectivity index (χ3n) is 5.30. The van der Waals surface area contributed by atoms with E-state index >= 15 is 0 Å². The normalized spacial score (nSPS) is 19.4. The minimum atomic E-state index is -0.433. The number of anilines is 2. The first-order valence-electron chi connectivity index (χ1n) is 9.80. The minimum Gasteiger partial charge on any atom is -0.462 e. The second-order valence-corrected chi connectivity index (χ2v) is 7.06. The highest BCUT2D eigenvalue weighted by atomic mass is 16.5. The predicted octanol–water partition coefficient (Wildman–Crippen LogP) is 2.32. The summed E-state index contributed by atoms with van der Waals surface area (Å²) >= 11 is 0. The third kappa shape index (κ3) is 3.21. The molecule has 0 bridgehead atoms. The predicted molar refractivity (Wildman–Crippen MR) is 103 cm³/mol. The maximum atomic E-state index is 12.6. The molecule has 1 N–H and O–H groups in total. The van der Waals surface area contributed by atoms with E-state index in [2.05, 4.69) is 20.3 Å². The number of nitrogens with one attached hydrogen (secondary N) is 1. The van der Waals surface area contributed by atoms with E-state index in [0.717, 1.165) is 31.5 Å². The number of hydrogen-bond donors (Lipinski definition) is 1. The second kappa shape index (κ2) is 7.57. The Hall–Kier alpha value is -2.97. The van der Waals surface area contributed by atoms with Crippen LogP contribution in [0.15, 0.2) is 18.6 Å². The Bertz CT molecular complexity index is 890. The number of nitrogens with zero attached hydrogens (tertiary/aromatic N) is 5. The fourth-order valence-corrected chi connectivity index (χ4v) is 3.99. The Labute approximate surface area is 163 Å². The SMILES string of the molecule is CCOC(=O)c1cnn(-c2ncc3c(n2)N(C2CCCC2)[C@H](CC)C(=O)N3)c1. The van der Waals surface area contributed by atoms with Gasteiger partial charge >= 0.3 is 5.97 Å². The first-order chi connectivity index (χ1) is 13.6. The van der Waals surface area contributed by atoms with Gasteiger partial charge in [0.1, 0.15) is 11.7 Å². The van der Waals surface area contributed by atoms with Gasteiger partial charge in [0.2, 0.25) is 5.91 Å². The summed E-state index contributed by atoms with van der Waals surface area (Å²) < 4.78 is 6.46. The molecule has 0 unspecified atom stereocenters. The van der Waals surface area contributed by atoms with Gasteiger partial charge in [-0.3, -0.25) is 4.79 Å². The molecule has 0 spiro atoms. The van der Waals surface area contributed by atoms with Gasteiger partial charge in [-0.25, -0.2) is 14.5 Å². The molecule has 1 saturated carbocycles. The van der Waals surface area contributed by atoms with Gasteiger partial charge in [0.15, 0.2) is 5.82 Å². The third-order valence-corrected chi connectivity index (χ3v) is 5.30. The number of carbonyl (C=O) groups excluding carboxylic acids is 2. The lowest BCUT2D eigenvalue weighted by molar-refractivity contribution is -0.117. The summed E-state index contributed by atoms with van der Waals surface area (Å²) in [6.45, 7) is 4.07. The van der Waals surface area contributed by atoms with E-state index < -0.39 is 5.97 Å². The fourth-order valence-electron chi connectivity index (χ4n) is 3.99. The van der Waals surface area contributed by atoms with Gasteiger partial charge in [0.25, 0.3) is 5.95 Å². The molecule has 1 amide bonds. The summed E-state index contributed by atoms with van der Waals surface area (Å²) in [5.74, 6) is 0.624. The molecule has 148 valence electrons. The lowest BCUT2D eigenvalue weighted by Crippen LogP contribution is -2.52. The molecule has 1 aliphatic carbocycles. The van der Waals surface area contributed by atoms with Crippen molar-refractivity contribution >= 4 is 23.4 Å². The van der Waals surface area contributed by atoms with Crippen molar-refractivity contribution < 1.29 is 14.3 Å². The Morgan fingerprint density at radius 1 is 1.29 bits per heavy atom. The Morgan fingerprint density at radius 3 is 2.79 bits per heavy atom. The molecular formula is C19H24N6O3. The Morgan fingerprint density at radius 2 is 2.07 bits per heavy atom. The maximum Gasteiger partial charge on any atom is 0.341 e. The lowest BCUT2D eigenvalue weighted by atomic mass is 10.0. The average Bonchev–Trinajstić information content (AvgIpc) is 3.39. The quantitative estimate of drug-likeness (QED) is 0.789. The molecule has 2 aromatic heterocycles. The zero-order valence-corrected chi connectivity index (χ0v) is 16.1. The monoisotopic (exact) mass is 384 g/mol. The molecule has 4 rings (SSSR count). The van der Waals surface area contributed by atoms with Crippen molar-refractivity contribution in [2.24, 2.45) is 0 Å². The minimum absolute atomic E-state index is 0.0121. The van der Waals surface area contributed by atoms with Crippen LogP contribution in [0.2, 0.25) is 0 Å². The van der Waals surface area contributed by atoms with E-state index in [4.69, 9.17) is 9.72 Å². The number of ether oxygens (including phenoxy) is 1. The molecule has 1 atom stereocenters. The highest BCUT2D eigenvalue weighted by Crippen LogP contribution is 2.37. The molecule has 1 fully saturated rings. The number of rotatable bonds is 5. The summed E-state index contributed by atoms with van der Waals surface area (Å²) in [5, 5.41) is 7.12. The first kappa shape index (κ1) is 18.4. The highest BCUT2D eigenvalue weighted by molar-refractivity contribution is 6.02. The van der Waals surface area contributed by atoms with Crippen LogP contribution in [0.1, 0.15) is 56.3 Å². The van der Waals surface area contributed by atoms with Crippen molar-refractivity contribution in [2.75, 3.05) is 16.8 Å². The molecule has 0 aromatic carbocycles. The number of fused-ring (bicyclic) bond motifs is 1. The Balaban J connectivity index is 1.71. The van der Waals surface area contributed by atoms with Gasteiger partial charge < -0.3 is 15.0 Å². The fraction of sp³-hybridized carbons (Fsp3) is 0.526. The van der Waals surface area contributed by atoms with E-state index in [1.54, 1.807) is 19.3 Å². The molecule has 1 aliphatic heterocycles. The van der Waals surface area contributed by atoms with Gasteiger partial charge in [-0.15, -0.1) is 0 Å². The smallest absolute Gasteiger partial charge is 0.341 e. The number of carbonyl (C=O) groups is 2. The molecule has 0 radical (unpaired) electrons. The summed E-state index contributed by atoms with van der Waals surface area (Å²) in [4.78, 5) is 35.7. The molecule has 0 saturated heterocycles. The highest BCUT2D eigenvalue weighted by Gasteiger charge is 2.38. The van der Waals surface area contributed by atoms with Crippen LogP contribution in [-0.4, -0.2) is 50.3 Å². The number of hydrogen-bond acceptors (Lipinski definition) is 7. The van der Waals surface area contributed by atoms with Crippen molar-refractivity contribution in [2.45, 2.75) is 58.0 Å². The maximum absolute atomic E-state index is 12.6. The Kier molecular flexibility index (Phi) is 4.97. The van der Waals surface area contributed by atoms with E-state index in [1.807, 2.05) is 6.92 Å². The summed E-state index contributed by atoms with van der Waals surface area (Å²) in [6, 6.07) is 0.0521. The van der Waals surface area contributed by atoms with Crippen molar-refractivity contribution in [3.8, 4) is 5.95 Å². The standard InChI is InChI=1S/C19H24N6O3/c1-3-15-17(26)22-14-10-20-19(23-16(14)25(15)13-7-5-6-8-13)24-11-12(9-21-24)18(27)28-4-2/h9-11,13,15H,3-8H2,1-2H3,(H,22,26)/t15-/m1/s1. The van der Waals surface area contributed by atoms with E-state index in [1.165, 1.54) is 10.9 Å². The van der Waals surface area contributed by atoms with Crippen LogP contribution in [0.25, 0.3) is 5.95 Å². The van der Waals surface area contributed by atoms with Gasteiger partial charge in [0, 0.05) is 12.2 Å². The zero-order valence-electron chi connectivity index (χ0n) is 16.1. The van der Waals surface area contributed by atoms with Crippen LogP contribution in [0.5, 0.6) is 0 Å². The molecule has 2 aliphatic rings. The van der Waals surface area contributed by atoms with Crippen molar-refractivity contribution in [3.63, 3.8) is 0 Å². The van der Waals surface area contributed by atoms with Crippen molar-refractivity contribution in [1.29, 1.82) is 0 Å². The van der Waals surface area contributed by atoms with Gasteiger partial charge in [-0.1, -0.05) is 19.8 Å². The molecular weight excluding hydrogens is 360 g/mol. The topological polar surface area (TPSA) is 102 Å².